The molecule has 2 nitrogen and oxygen atoms in total. The Hall–Kier alpha value is -0.970. The fraction of sp³-hybridized carbons (Fsp3) is 0.250. The monoisotopic (exact) mass is 351 g/mol. The lowest BCUT2D eigenvalue weighted by Crippen LogP contribution is -2.22. The Labute approximate surface area is 132 Å². The number of halogens is 1. The first-order valence-electron chi connectivity index (χ1n) is 6.42. The predicted molar refractivity (Wildman–Crippen MR) is 89.4 cm³/mol. The molecule has 0 heterocycles. The number of thioether (sulfide) groups is 1. The lowest BCUT2D eigenvalue weighted by molar-refractivity contribution is 0.414. The third-order valence-electron chi connectivity index (χ3n) is 3.01. The molecule has 0 fully saturated rings. The normalized spacial score (nSPS) is 13.8. The van der Waals surface area contributed by atoms with Gasteiger partial charge in [0.1, 0.15) is 5.75 Å². The van der Waals surface area contributed by atoms with Crippen molar-refractivity contribution in [2.75, 3.05) is 7.11 Å². The largest absolute Gasteiger partial charge is 0.497 e. The van der Waals surface area contributed by atoms with Crippen molar-refractivity contribution in [1.82, 2.24) is 0 Å². The SMILES string of the molecule is COc1ccc(C(Sc2ccccc2Br)C(C)N)cc1. The molecule has 20 heavy (non-hydrogen) atoms. The summed E-state index contributed by atoms with van der Waals surface area (Å²) in [5, 5.41) is 0.208. The van der Waals surface area contributed by atoms with Crippen LogP contribution in [0.15, 0.2) is 57.9 Å². The van der Waals surface area contributed by atoms with E-state index in [2.05, 4.69) is 40.2 Å². The molecule has 2 atom stereocenters. The van der Waals surface area contributed by atoms with Gasteiger partial charge >= 0.3 is 0 Å². The first-order chi connectivity index (χ1) is 9.61. The van der Waals surface area contributed by atoms with Crippen molar-refractivity contribution in [3.8, 4) is 5.75 Å². The zero-order valence-corrected chi connectivity index (χ0v) is 13.9. The molecule has 2 N–H and O–H groups in total. The summed E-state index contributed by atoms with van der Waals surface area (Å²) in [6, 6.07) is 16.4. The first kappa shape index (κ1) is 15.4. The van der Waals surface area contributed by atoms with Crippen LogP contribution in [-0.4, -0.2) is 13.2 Å². The van der Waals surface area contributed by atoms with Crippen molar-refractivity contribution in [1.29, 1.82) is 0 Å². The van der Waals surface area contributed by atoms with Crippen molar-refractivity contribution < 1.29 is 4.74 Å². The Balaban J connectivity index is 2.25. The number of methoxy groups -OCH3 is 1. The van der Waals surface area contributed by atoms with Gasteiger partial charge in [0, 0.05) is 20.7 Å². The van der Waals surface area contributed by atoms with E-state index in [1.807, 2.05) is 31.2 Å². The molecule has 0 aliphatic carbocycles. The van der Waals surface area contributed by atoms with Crippen LogP contribution in [0, 0.1) is 0 Å². The second-order valence-electron chi connectivity index (χ2n) is 4.60. The predicted octanol–water partition coefficient (Wildman–Crippen LogP) is 4.64. The van der Waals surface area contributed by atoms with E-state index in [9.17, 15) is 0 Å². The molecule has 0 bridgehead atoms. The summed E-state index contributed by atoms with van der Waals surface area (Å²) in [5.74, 6) is 0.864. The zero-order valence-electron chi connectivity index (χ0n) is 11.5. The highest BCUT2D eigenvalue weighted by Crippen LogP contribution is 2.40. The number of rotatable bonds is 5. The highest BCUT2D eigenvalue weighted by molar-refractivity contribution is 9.10. The van der Waals surface area contributed by atoms with E-state index in [1.165, 1.54) is 10.5 Å². The molecule has 0 amide bonds. The average Bonchev–Trinajstić information content (AvgIpc) is 2.46. The standard InChI is InChI=1S/C16H18BrNOS/c1-11(18)16(12-7-9-13(19-2)10-8-12)20-15-6-4-3-5-14(15)17/h3-11,16H,18H2,1-2H3. The van der Waals surface area contributed by atoms with Gasteiger partial charge in [-0.05, 0) is 52.7 Å². The van der Waals surface area contributed by atoms with E-state index >= 15 is 0 Å². The maximum Gasteiger partial charge on any atom is 0.118 e. The summed E-state index contributed by atoms with van der Waals surface area (Å²) in [6.07, 6.45) is 0. The van der Waals surface area contributed by atoms with Gasteiger partial charge in [-0.15, -0.1) is 11.8 Å². The summed E-state index contributed by atoms with van der Waals surface area (Å²) in [4.78, 5) is 1.20. The molecule has 106 valence electrons. The van der Waals surface area contributed by atoms with Gasteiger partial charge in [0.15, 0.2) is 0 Å². The molecule has 2 unspecified atom stereocenters. The second kappa shape index (κ2) is 7.16. The minimum absolute atomic E-state index is 0.0560. The Bertz CT molecular complexity index is 557. The number of ether oxygens (including phenoxy) is 1. The van der Waals surface area contributed by atoms with E-state index in [0.717, 1.165) is 10.2 Å². The lowest BCUT2D eigenvalue weighted by Gasteiger charge is -2.21. The smallest absolute Gasteiger partial charge is 0.118 e. The van der Waals surface area contributed by atoms with Crippen molar-refractivity contribution in [3.05, 3.63) is 58.6 Å². The van der Waals surface area contributed by atoms with Crippen LogP contribution in [0.5, 0.6) is 5.75 Å². The van der Waals surface area contributed by atoms with Crippen LogP contribution in [0.25, 0.3) is 0 Å². The Morgan fingerprint density at radius 2 is 1.75 bits per heavy atom. The molecule has 0 saturated heterocycles. The summed E-state index contributed by atoms with van der Waals surface area (Å²) >= 11 is 5.36. The quantitative estimate of drug-likeness (QED) is 0.797. The van der Waals surface area contributed by atoms with Crippen LogP contribution in [0.4, 0.5) is 0 Å². The molecule has 0 aromatic heterocycles. The minimum Gasteiger partial charge on any atom is -0.497 e. The second-order valence-corrected chi connectivity index (χ2v) is 6.64. The molecule has 2 aromatic rings. The molecule has 0 spiro atoms. The number of hydrogen-bond acceptors (Lipinski definition) is 3. The molecular formula is C16H18BrNOS. The van der Waals surface area contributed by atoms with Crippen LogP contribution in [0.2, 0.25) is 0 Å². The maximum atomic E-state index is 6.17. The van der Waals surface area contributed by atoms with Crippen molar-refractivity contribution in [2.45, 2.75) is 23.1 Å². The van der Waals surface area contributed by atoms with Gasteiger partial charge in [0.25, 0.3) is 0 Å². The van der Waals surface area contributed by atoms with Gasteiger partial charge in [0.2, 0.25) is 0 Å². The average molecular weight is 352 g/mol. The minimum atomic E-state index is 0.0560. The molecule has 2 rings (SSSR count). The summed E-state index contributed by atoms with van der Waals surface area (Å²) in [6.45, 7) is 2.04. The van der Waals surface area contributed by atoms with Gasteiger partial charge in [-0.1, -0.05) is 24.3 Å². The van der Waals surface area contributed by atoms with E-state index < -0.39 is 0 Å². The van der Waals surface area contributed by atoms with Gasteiger partial charge in [-0.3, -0.25) is 0 Å². The molecule has 0 radical (unpaired) electrons. The van der Waals surface area contributed by atoms with Crippen molar-refractivity contribution in [2.24, 2.45) is 5.73 Å². The number of benzene rings is 2. The molecule has 0 saturated carbocycles. The van der Waals surface area contributed by atoms with E-state index in [0.29, 0.717) is 0 Å². The van der Waals surface area contributed by atoms with E-state index in [4.69, 9.17) is 10.5 Å². The third kappa shape index (κ3) is 3.78. The van der Waals surface area contributed by atoms with Gasteiger partial charge in [-0.2, -0.15) is 0 Å². The highest BCUT2D eigenvalue weighted by atomic mass is 79.9. The van der Waals surface area contributed by atoms with Crippen LogP contribution in [0.3, 0.4) is 0 Å². The third-order valence-corrected chi connectivity index (χ3v) is 5.53. The van der Waals surface area contributed by atoms with Crippen LogP contribution >= 0.6 is 27.7 Å². The highest BCUT2D eigenvalue weighted by Gasteiger charge is 2.18. The van der Waals surface area contributed by atoms with Crippen LogP contribution in [0.1, 0.15) is 17.7 Å². The lowest BCUT2D eigenvalue weighted by atomic mass is 10.1. The van der Waals surface area contributed by atoms with Gasteiger partial charge in [0.05, 0.1) is 7.11 Å². The van der Waals surface area contributed by atoms with Gasteiger partial charge < -0.3 is 10.5 Å². The zero-order chi connectivity index (χ0) is 14.5. The van der Waals surface area contributed by atoms with Gasteiger partial charge in [-0.25, -0.2) is 0 Å². The summed E-state index contributed by atoms with van der Waals surface area (Å²) < 4.78 is 6.30. The van der Waals surface area contributed by atoms with E-state index in [-0.39, 0.29) is 11.3 Å². The summed E-state index contributed by atoms with van der Waals surface area (Å²) in [7, 11) is 1.67. The molecule has 2 aromatic carbocycles. The molecule has 4 heteroatoms. The molecule has 0 aliphatic rings. The van der Waals surface area contributed by atoms with E-state index in [1.54, 1.807) is 18.9 Å². The molecule has 0 aliphatic heterocycles. The first-order valence-corrected chi connectivity index (χ1v) is 8.10. The fourth-order valence-corrected chi connectivity index (χ4v) is 3.63. The Morgan fingerprint density at radius 3 is 2.30 bits per heavy atom. The van der Waals surface area contributed by atoms with Crippen LogP contribution < -0.4 is 10.5 Å². The Morgan fingerprint density at radius 1 is 1.10 bits per heavy atom. The summed E-state index contributed by atoms with van der Waals surface area (Å²) in [5.41, 5.74) is 7.38. The number of hydrogen-bond donors (Lipinski definition) is 1. The number of nitrogens with two attached hydrogens (primary N) is 1. The van der Waals surface area contributed by atoms with Crippen LogP contribution in [-0.2, 0) is 0 Å². The van der Waals surface area contributed by atoms with Crippen molar-refractivity contribution in [3.63, 3.8) is 0 Å². The van der Waals surface area contributed by atoms with Crippen molar-refractivity contribution >= 4 is 27.7 Å². The fourth-order valence-electron chi connectivity index (χ4n) is 1.95. The maximum absolute atomic E-state index is 6.17. The topological polar surface area (TPSA) is 35.2 Å². The Kier molecular flexibility index (Phi) is 5.52. The molecular weight excluding hydrogens is 334 g/mol.